The number of carbonyl (C=O) groups excluding carboxylic acids is 2. The summed E-state index contributed by atoms with van der Waals surface area (Å²) in [6, 6.07) is 46.5. The number of hydrazine groups is 1. The molecule has 0 spiro atoms. The second kappa shape index (κ2) is 45.6. The van der Waals surface area contributed by atoms with Gasteiger partial charge in [-0.25, -0.2) is 40.2 Å². The quantitative estimate of drug-likeness (QED) is 0.0271. The van der Waals surface area contributed by atoms with Gasteiger partial charge in [-0.3, -0.25) is 66.5 Å². The van der Waals surface area contributed by atoms with Gasteiger partial charge in [0.05, 0.1) is 94.4 Å². The van der Waals surface area contributed by atoms with E-state index in [0.717, 1.165) is 166 Å². The minimum absolute atomic E-state index is 0.0781. The molecule has 3 fully saturated rings. The number of allylic oxidation sites excluding steroid dienone is 3. The van der Waals surface area contributed by atoms with Crippen LogP contribution in [0.2, 0.25) is 0 Å². The normalized spacial score (nSPS) is 15.3. The molecule has 12 aromatic rings. The van der Waals surface area contributed by atoms with Crippen LogP contribution in [0.15, 0.2) is 275 Å². The van der Waals surface area contributed by atoms with E-state index in [-0.39, 0.29) is 40.1 Å². The number of pyridine rings is 5. The standard InChI is InChI=1S/C18H19FN4.C16H16FN5O.C13H8BrFN2.C12H6BrF2NO.C12H7BrFN3.C7H4BrFO.C5H4FN.C5H12N2.H4N2/c1-22-6-8-23(9-7-22)15-4-2-13-11-21-18(16(13)10-15)17-5-3-14(19)12-20-17;17-11-1-4-15(22(23)10-11)16-13-9-12(2-3-14(13)19-20-16)21-7-5-18-6-8-21;14-9-2-1-8-6-17-13(11(8)5-9)12-4-3-10(15)7-16-12;13-7-1-2-10(15)9(5-7)12(17)11-6-8(14)3-4-16-11;13-7-1-3-10-9(5-7)12(17-16-10)11-4-2-8(14)6-15-11;8-6-1-2-7(9)5(3-6)4-10;6-5-1-3-7-4-2-5;1-7-4-2-6-3-5-7;1-2/h2-5,10,12H,6-9,11H2,1H3;1-4,9-10,18,23H,5-8H2;1-5,7H,6H2;1-6H;1-6H,(H,16,17);1-4H;1-4H;6H,2-5H2,1H3;1-2H2. The van der Waals surface area contributed by atoms with Crippen LogP contribution in [0.4, 0.5) is 52.2 Å². The molecule has 0 saturated carbocycles. The Kier molecular flexibility index (Phi) is 34.2. The molecule has 19 rings (SSSR count). The maximum Gasteiger partial charge on any atom is 0.214 e. The topological polar surface area (TPSA) is 289 Å². The van der Waals surface area contributed by atoms with E-state index < -0.39 is 29.1 Å². The third kappa shape index (κ3) is 26.1. The molecule has 0 unspecified atom stereocenters. The molecule has 123 heavy (non-hydrogen) atoms. The largest absolute Gasteiger partial charge is 0.369 e. The molecule has 7 aliphatic rings. The minimum atomic E-state index is -0.663. The fraction of sp³-hybridized carbons (Fsp3) is 0.182. The Labute approximate surface area is 736 Å². The SMILES string of the molecule is CN1CCN(c2ccc3c(c2)C(c2ccc(F)cn2)=NC3)CC1.CN1CCNCC1.Fc1ccc(-c2n[nH]c3ccc(Br)cc23)nc1.Fc1ccc(C2=NCc3ccc(Br)cc32)nc1.Fc1ccncc1.NN.O=C(c1cc(F)ccn1)c1cc(Br)ccc1F.O=Cc1cc(Br)ccc1F.ON1C=C(F)C=CC1=C1N=Nc2ccc(N3CCNCC3)cc21. The number of aliphatic imine (C=N–C) groups is 2. The number of hydrogen-bond donors (Lipinski definition) is 6. The van der Waals surface area contributed by atoms with Gasteiger partial charge >= 0.3 is 0 Å². The van der Waals surface area contributed by atoms with Crippen LogP contribution in [0, 0.1) is 40.7 Å². The lowest BCUT2D eigenvalue weighted by atomic mass is 10.0. The highest BCUT2D eigenvalue weighted by Crippen LogP contribution is 2.41. The fourth-order valence-corrected chi connectivity index (χ4v) is 14.2. The predicted octanol–water partition coefficient (Wildman–Crippen LogP) is 17.4. The molecule has 0 bridgehead atoms. The van der Waals surface area contributed by atoms with Crippen LogP contribution < -0.4 is 32.1 Å². The number of aromatic nitrogens is 7. The van der Waals surface area contributed by atoms with Crippen LogP contribution >= 0.6 is 63.7 Å². The third-order valence-electron chi connectivity index (χ3n) is 19.1. The highest BCUT2D eigenvalue weighted by atomic mass is 79.9. The summed E-state index contributed by atoms with van der Waals surface area (Å²) in [6.45, 7) is 14.1. The number of aldehydes is 1. The van der Waals surface area contributed by atoms with Crippen LogP contribution in [-0.2, 0) is 13.1 Å². The maximum atomic E-state index is 13.4. The number of halogens is 12. The van der Waals surface area contributed by atoms with E-state index in [2.05, 4.69) is 193 Å². The average molecular weight is 1940 g/mol. The van der Waals surface area contributed by atoms with Gasteiger partial charge in [0.1, 0.15) is 63.6 Å². The number of likely N-dealkylation sites (N-methyl/N-ethyl adjacent to an activating group) is 2. The molecule has 6 aromatic carbocycles. The van der Waals surface area contributed by atoms with Crippen LogP contribution in [0.5, 0.6) is 0 Å². The van der Waals surface area contributed by atoms with Crippen molar-refractivity contribution < 1.29 is 49.9 Å². The maximum absolute atomic E-state index is 13.4. The lowest BCUT2D eigenvalue weighted by Gasteiger charge is -2.34. The second-order valence-electron chi connectivity index (χ2n) is 27.5. The van der Waals surface area contributed by atoms with Crippen molar-refractivity contribution in [2.75, 3.05) is 102 Å². The molecule has 23 nitrogen and oxygen atoms in total. The lowest BCUT2D eigenvalue weighted by molar-refractivity contribution is -0.00200. The number of azo groups is 1. The van der Waals surface area contributed by atoms with E-state index in [1.807, 2.05) is 54.6 Å². The number of benzene rings is 6. The zero-order valence-corrected chi connectivity index (χ0v) is 72.3. The predicted molar refractivity (Wildman–Crippen MR) is 473 cm³/mol. The van der Waals surface area contributed by atoms with Crippen molar-refractivity contribution in [2.24, 2.45) is 31.9 Å². The van der Waals surface area contributed by atoms with Gasteiger partial charge in [0.15, 0.2) is 6.29 Å². The molecular formula is C88H80Br4F8N20O3. The third-order valence-corrected chi connectivity index (χ3v) is 21.1. The first-order chi connectivity index (χ1) is 59.5. The van der Waals surface area contributed by atoms with Crippen LogP contribution in [-0.4, -0.2) is 171 Å². The molecule has 0 radical (unpaired) electrons. The molecule has 0 amide bonds. The van der Waals surface area contributed by atoms with Crippen molar-refractivity contribution in [2.45, 2.75) is 13.1 Å². The average Bonchev–Trinajstić information content (AvgIpc) is 1.66. The summed E-state index contributed by atoms with van der Waals surface area (Å²) >= 11 is 13.1. The minimum Gasteiger partial charge on any atom is -0.369 e. The summed E-state index contributed by atoms with van der Waals surface area (Å²) in [5.41, 5.74) is 14.7. The first-order valence-electron chi connectivity index (χ1n) is 38.0. The Hall–Kier alpha value is -11.5. The van der Waals surface area contributed by atoms with Gasteiger partial charge in [0.2, 0.25) is 5.78 Å². The summed E-state index contributed by atoms with van der Waals surface area (Å²) in [5.74, 6) is 3.86. The molecule has 634 valence electrons. The van der Waals surface area contributed by atoms with Gasteiger partial charge in [-0.05, 0) is 189 Å². The van der Waals surface area contributed by atoms with Gasteiger partial charge in [-0.2, -0.15) is 5.10 Å². The van der Waals surface area contributed by atoms with E-state index in [1.165, 1.54) is 134 Å². The number of rotatable bonds is 8. The van der Waals surface area contributed by atoms with E-state index in [4.69, 9.17) is 0 Å². The summed E-state index contributed by atoms with van der Waals surface area (Å²) < 4.78 is 106. The number of nitrogens with two attached hydrogens (primary N) is 2. The molecule has 35 heteroatoms. The number of anilines is 2. The first-order valence-corrected chi connectivity index (χ1v) is 41.2. The number of hydrogen-bond acceptors (Lipinski definition) is 22. The molecule has 3 saturated heterocycles. The van der Waals surface area contributed by atoms with Gasteiger partial charge < -0.3 is 30.2 Å². The van der Waals surface area contributed by atoms with Crippen LogP contribution in [0.25, 0.3) is 28.0 Å². The van der Waals surface area contributed by atoms with Crippen molar-refractivity contribution in [1.29, 1.82) is 0 Å². The molecule has 7 aliphatic heterocycles. The van der Waals surface area contributed by atoms with Crippen LogP contribution in [0.3, 0.4) is 0 Å². The van der Waals surface area contributed by atoms with E-state index in [0.29, 0.717) is 51.1 Å². The molecular weight excluding hydrogens is 1860 g/mol. The monoisotopic (exact) mass is 1930 g/mol. The van der Waals surface area contributed by atoms with E-state index in [9.17, 15) is 49.9 Å². The van der Waals surface area contributed by atoms with Crippen molar-refractivity contribution in [1.82, 2.24) is 60.6 Å². The second-order valence-corrected chi connectivity index (χ2v) is 31.2. The number of carbonyl (C=O) groups is 2. The Balaban J connectivity index is 0.000000140. The Bertz CT molecular complexity index is 5820. The molecule has 0 aliphatic carbocycles. The number of nitrogens with one attached hydrogen (secondary N) is 3. The Morgan fingerprint density at radius 3 is 1.57 bits per heavy atom. The van der Waals surface area contributed by atoms with Crippen molar-refractivity contribution in [3.05, 3.63) is 352 Å². The number of H-pyrrole nitrogens is 1. The van der Waals surface area contributed by atoms with Gasteiger partial charge in [-0.15, -0.1) is 10.2 Å². The summed E-state index contributed by atoms with van der Waals surface area (Å²) in [7, 11) is 4.31. The molecule has 6 aromatic heterocycles. The molecule has 13 heterocycles. The number of ketones is 1. The van der Waals surface area contributed by atoms with E-state index >= 15 is 0 Å². The van der Waals surface area contributed by atoms with Gasteiger partial charge in [-0.1, -0.05) is 75.9 Å². The highest BCUT2D eigenvalue weighted by molar-refractivity contribution is 9.11. The molecule has 0 atom stereocenters. The van der Waals surface area contributed by atoms with Crippen molar-refractivity contribution in [3.8, 4) is 11.4 Å². The lowest BCUT2D eigenvalue weighted by Crippen LogP contribution is -2.44. The van der Waals surface area contributed by atoms with Crippen LogP contribution in [0.1, 0.15) is 65.6 Å². The van der Waals surface area contributed by atoms with Crippen molar-refractivity contribution in [3.63, 3.8) is 0 Å². The fourth-order valence-electron chi connectivity index (χ4n) is 12.7. The Morgan fingerprint density at radius 2 is 1.01 bits per heavy atom. The smallest absolute Gasteiger partial charge is 0.214 e. The zero-order chi connectivity index (χ0) is 87.5. The Morgan fingerprint density at radius 1 is 0.488 bits per heavy atom. The number of aromatic amines is 1. The number of fused-ring (bicyclic) bond motifs is 4. The van der Waals surface area contributed by atoms with Gasteiger partial charge in [0, 0.05) is 155 Å². The van der Waals surface area contributed by atoms with Gasteiger partial charge in [0.25, 0.3) is 0 Å². The summed E-state index contributed by atoms with van der Waals surface area (Å²) in [6.07, 6.45) is 11.9. The summed E-state index contributed by atoms with van der Waals surface area (Å²) in [4.78, 5) is 60.0. The number of hydroxylamine groups is 2. The zero-order valence-electron chi connectivity index (χ0n) is 66.0. The number of piperazine rings is 3. The number of nitrogens with zero attached hydrogens (tertiary/aromatic N) is 15. The highest BCUT2D eigenvalue weighted by Gasteiger charge is 2.26. The first kappa shape index (κ1) is 92.2. The summed E-state index contributed by atoms with van der Waals surface area (Å²) in [5, 5.41) is 33.7. The van der Waals surface area contributed by atoms with Crippen molar-refractivity contribution >= 4 is 121 Å². The van der Waals surface area contributed by atoms with E-state index in [1.54, 1.807) is 24.3 Å². The molecule has 8 N–H and O–H groups in total.